The van der Waals surface area contributed by atoms with E-state index in [1.54, 1.807) is 12.1 Å². The fourth-order valence-electron chi connectivity index (χ4n) is 3.17. The molecule has 0 unspecified atom stereocenters. The molecule has 3 aromatic rings. The number of rotatable bonds is 7. The number of phenols is 1. The maximum atomic E-state index is 9.52. The standard InChI is InChI=1S/C22H26N2O/c1-24(2)13-5-3-4-6-17-7-8-19-15-23-16-22(21(19)14-17)18-9-11-20(25)12-10-18/h7-12,14-16,25H,3-6,13H2,1-2H3. The van der Waals surface area contributed by atoms with Crippen LogP contribution in [0, 0.1) is 0 Å². The molecule has 3 nitrogen and oxygen atoms in total. The topological polar surface area (TPSA) is 36.4 Å². The lowest BCUT2D eigenvalue weighted by atomic mass is 9.97. The number of phenolic OH excluding ortho intramolecular Hbond substituents is 1. The van der Waals surface area contributed by atoms with Gasteiger partial charge in [0.1, 0.15) is 5.75 Å². The number of unbranched alkanes of at least 4 members (excludes halogenated alkanes) is 2. The Hall–Kier alpha value is -2.39. The largest absolute Gasteiger partial charge is 0.508 e. The molecule has 130 valence electrons. The second-order valence-electron chi connectivity index (χ2n) is 6.90. The summed E-state index contributed by atoms with van der Waals surface area (Å²) in [4.78, 5) is 6.62. The lowest BCUT2D eigenvalue weighted by Gasteiger charge is -2.10. The van der Waals surface area contributed by atoms with Crippen LogP contribution in [0.5, 0.6) is 5.75 Å². The van der Waals surface area contributed by atoms with Gasteiger partial charge in [-0.2, -0.15) is 0 Å². The fourth-order valence-corrected chi connectivity index (χ4v) is 3.17. The molecular weight excluding hydrogens is 308 g/mol. The quantitative estimate of drug-likeness (QED) is 0.626. The Bertz CT molecular complexity index is 825. The molecule has 0 radical (unpaired) electrons. The van der Waals surface area contributed by atoms with Gasteiger partial charge in [-0.15, -0.1) is 0 Å². The number of pyridine rings is 1. The van der Waals surface area contributed by atoms with Crippen molar-refractivity contribution in [2.24, 2.45) is 0 Å². The Kier molecular flexibility index (Phi) is 5.67. The Morgan fingerprint density at radius 1 is 0.920 bits per heavy atom. The first-order valence-corrected chi connectivity index (χ1v) is 8.94. The SMILES string of the molecule is CN(C)CCCCCc1ccc2cncc(-c3ccc(O)cc3)c2c1. The molecule has 3 heteroatoms. The van der Waals surface area contributed by atoms with Crippen molar-refractivity contribution in [2.45, 2.75) is 25.7 Å². The Labute approximate surface area is 149 Å². The van der Waals surface area contributed by atoms with E-state index in [0.29, 0.717) is 0 Å². The van der Waals surface area contributed by atoms with Gasteiger partial charge in [0.15, 0.2) is 0 Å². The van der Waals surface area contributed by atoms with Crippen LogP contribution in [0.15, 0.2) is 54.9 Å². The molecular formula is C22H26N2O. The van der Waals surface area contributed by atoms with Crippen molar-refractivity contribution < 1.29 is 5.11 Å². The summed E-state index contributed by atoms with van der Waals surface area (Å²) < 4.78 is 0. The fraction of sp³-hybridized carbons (Fsp3) is 0.318. The van der Waals surface area contributed by atoms with E-state index < -0.39 is 0 Å². The molecule has 0 fully saturated rings. The first-order chi connectivity index (χ1) is 12.1. The number of nitrogens with zero attached hydrogens (tertiary/aromatic N) is 2. The van der Waals surface area contributed by atoms with E-state index in [0.717, 1.165) is 29.5 Å². The third-order valence-corrected chi connectivity index (χ3v) is 4.57. The van der Waals surface area contributed by atoms with Gasteiger partial charge < -0.3 is 10.0 Å². The number of hydrogen-bond donors (Lipinski definition) is 1. The monoisotopic (exact) mass is 334 g/mol. The van der Waals surface area contributed by atoms with Crippen molar-refractivity contribution in [3.8, 4) is 16.9 Å². The van der Waals surface area contributed by atoms with E-state index in [2.05, 4.69) is 42.2 Å². The summed E-state index contributed by atoms with van der Waals surface area (Å²) in [6.45, 7) is 1.16. The Balaban J connectivity index is 1.79. The van der Waals surface area contributed by atoms with Crippen LogP contribution in [0.3, 0.4) is 0 Å². The number of aryl methyl sites for hydroxylation is 1. The van der Waals surface area contributed by atoms with Gasteiger partial charge >= 0.3 is 0 Å². The maximum Gasteiger partial charge on any atom is 0.115 e. The van der Waals surface area contributed by atoms with Gasteiger partial charge in [0, 0.05) is 23.3 Å². The Morgan fingerprint density at radius 3 is 2.48 bits per heavy atom. The van der Waals surface area contributed by atoms with Gasteiger partial charge in [-0.25, -0.2) is 0 Å². The van der Waals surface area contributed by atoms with E-state index in [4.69, 9.17) is 0 Å². The summed E-state index contributed by atoms with van der Waals surface area (Å²) in [5, 5.41) is 11.9. The third kappa shape index (κ3) is 4.58. The third-order valence-electron chi connectivity index (χ3n) is 4.57. The highest BCUT2D eigenvalue weighted by Gasteiger charge is 2.06. The van der Waals surface area contributed by atoms with Gasteiger partial charge in [-0.05, 0) is 68.5 Å². The predicted octanol–water partition coefficient (Wildman–Crippen LogP) is 4.88. The molecule has 0 aliphatic carbocycles. The van der Waals surface area contributed by atoms with Gasteiger partial charge in [0.25, 0.3) is 0 Å². The number of hydrogen-bond acceptors (Lipinski definition) is 3. The number of aromatic hydroxyl groups is 1. The molecule has 0 spiro atoms. The van der Waals surface area contributed by atoms with Crippen LogP contribution in [0.25, 0.3) is 21.9 Å². The van der Waals surface area contributed by atoms with Crippen molar-refractivity contribution in [1.82, 2.24) is 9.88 Å². The van der Waals surface area contributed by atoms with Crippen molar-refractivity contribution in [3.05, 3.63) is 60.4 Å². The highest BCUT2D eigenvalue weighted by molar-refractivity contribution is 5.96. The summed E-state index contributed by atoms with van der Waals surface area (Å²) in [7, 11) is 4.25. The second-order valence-corrected chi connectivity index (χ2v) is 6.90. The molecule has 1 aromatic heterocycles. The molecule has 0 saturated carbocycles. The molecule has 25 heavy (non-hydrogen) atoms. The minimum atomic E-state index is 0.287. The maximum absolute atomic E-state index is 9.52. The summed E-state index contributed by atoms with van der Waals surface area (Å²) in [5.41, 5.74) is 3.58. The lowest BCUT2D eigenvalue weighted by Crippen LogP contribution is -2.12. The lowest BCUT2D eigenvalue weighted by molar-refractivity contribution is 0.391. The minimum Gasteiger partial charge on any atom is -0.508 e. The second kappa shape index (κ2) is 8.13. The van der Waals surface area contributed by atoms with Gasteiger partial charge in [0.2, 0.25) is 0 Å². The van der Waals surface area contributed by atoms with E-state index in [1.807, 2.05) is 24.5 Å². The van der Waals surface area contributed by atoms with E-state index in [1.165, 1.54) is 30.2 Å². The summed E-state index contributed by atoms with van der Waals surface area (Å²) >= 11 is 0. The van der Waals surface area contributed by atoms with Crippen LogP contribution in [-0.2, 0) is 6.42 Å². The van der Waals surface area contributed by atoms with Gasteiger partial charge in [-0.1, -0.05) is 36.8 Å². The number of aromatic nitrogens is 1. The summed E-state index contributed by atoms with van der Waals surface area (Å²) in [6, 6.07) is 14.0. The zero-order valence-corrected chi connectivity index (χ0v) is 15.1. The Morgan fingerprint density at radius 2 is 1.72 bits per heavy atom. The van der Waals surface area contributed by atoms with Crippen LogP contribution in [-0.4, -0.2) is 35.6 Å². The average Bonchev–Trinajstić information content (AvgIpc) is 2.61. The van der Waals surface area contributed by atoms with Crippen LogP contribution in [0.2, 0.25) is 0 Å². The molecule has 0 bridgehead atoms. The molecule has 0 atom stereocenters. The first-order valence-electron chi connectivity index (χ1n) is 8.94. The van der Waals surface area contributed by atoms with Crippen molar-refractivity contribution in [1.29, 1.82) is 0 Å². The molecule has 3 rings (SSSR count). The number of fused-ring (bicyclic) bond motifs is 1. The van der Waals surface area contributed by atoms with E-state index in [9.17, 15) is 5.11 Å². The van der Waals surface area contributed by atoms with Crippen LogP contribution < -0.4 is 0 Å². The van der Waals surface area contributed by atoms with Crippen LogP contribution in [0.4, 0.5) is 0 Å². The van der Waals surface area contributed by atoms with Gasteiger partial charge in [0.05, 0.1) is 0 Å². The zero-order valence-electron chi connectivity index (χ0n) is 15.1. The summed E-state index contributed by atoms with van der Waals surface area (Å²) in [5.74, 6) is 0.287. The molecule has 1 heterocycles. The zero-order chi connectivity index (χ0) is 17.6. The molecule has 1 N–H and O–H groups in total. The molecule has 0 aliphatic heterocycles. The smallest absolute Gasteiger partial charge is 0.115 e. The predicted molar refractivity (Wildman–Crippen MR) is 105 cm³/mol. The molecule has 0 aliphatic rings. The van der Waals surface area contributed by atoms with Crippen LogP contribution in [0.1, 0.15) is 24.8 Å². The molecule has 0 amide bonds. The van der Waals surface area contributed by atoms with Crippen LogP contribution >= 0.6 is 0 Å². The minimum absolute atomic E-state index is 0.287. The first kappa shape index (κ1) is 17.4. The summed E-state index contributed by atoms with van der Waals surface area (Å²) in [6.07, 6.45) is 8.68. The van der Waals surface area contributed by atoms with Crippen molar-refractivity contribution in [3.63, 3.8) is 0 Å². The average molecular weight is 334 g/mol. The molecule has 0 saturated heterocycles. The molecule has 2 aromatic carbocycles. The van der Waals surface area contributed by atoms with E-state index in [-0.39, 0.29) is 5.75 Å². The van der Waals surface area contributed by atoms with Gasteiger partial charge in [-0.3, -0.25) is 4.98 Å². The van der Waals surface area contributed by atoms with Crippen molar-refractivity contribution >= 4 is 10.8 Å². The van der Waals surface area contributed by atoms with Crippen molar-refractivity contribution in [2.75, 3.05) is 20.6 Å². The number of benzene rings is 2. The normalized spacial score (nSPS) is 11.3. The highest BCUT2D eigenvalue weighted by Crippen LogP contribution is 2.29. The highest BCUT2D eigenvalue weighted by atomic mass is 16.3. The van der Waals surface area contributed by atoms with E-state index >= 15 is 0 Å².